The van der Waals surface area contributed by atoms with Gasteiger partial charge in [-0.3, -0.25) is 0 Å². The number of pyridine rings is 1. The van der Waals surface area contributed by atoms with Crippen LogP contribution in [0, 0.1) is 0 Å². The molecule has 1 heterocycles. The number of benzene rings is 2. The van der Waals surface area contributed by atoms with E-state index >= 15 is 0 Å². The van der Waals surface area contributed by atoms with Gasteiger partial charge in [0.05, 0.1) is 23.2 Å². The number of ether oxygens (including phenoxy) is 1. The second-order valence-corrected chi connectivity index (χ2v) is 5.26. The lowest BCUT2D eigenvalue weighted by atomic mass is 10.1. The maximum absolute atomic E-state index is 11.5. The van der Waals surface area contributed by atoms with Crippen molar-refractivity contribution in [3.05, 3.63) is 59.1 Å². The van der Waals surface area contributed by atoms with Crippen molar-refractivity contribution in [1.29, 1.82) is 0 Å². The fourth-order valence-electron chi connectivity index (χ4n) is 2.31. The van der Waals surface area contributed by atoms with Crippen molar-refractivity contribution >= 4 is 40.0 Å². The first-order chi connectivity index (χ1) is 11.1. The van der Waals surface area contributed by atoms with Crippen molar-refractivity contribution in [3.8, 4) is 5.75 Å². The van der Waals surface area contributed by atoms with Gasteiger partial charge in [0.25, 0.3) is 0 Å². The fraction of sp³-hybridized carbons (Fsp3) is 0.0588. The lowest BCUT2D eigenvalue weighted by Gasteiger charge is -2.10. The van der Waals surface area contributed by atoms with Gasteiger partial charge in [-0.05, 0) is 30.3 Å². The molecule has 0 unspecified atom stereocenters. The van der Waals surface area contributed by atoms with Crippen LogP contribution in [0.3, 0.4) is 0 Å². The van der Waals surface area contributed by atoms with Crippen LogP contribution < -0.4 is 10.1 Å². The van der Waals surface area contributed by atoms with E-state index < -0.39 is 5.97 Å². The predicted octanol–water partition coefficient (Wildman–Crippen LogP) is 4.34. The number of anilines is 2. The number of methoxy groups -OCH3 is 1. The van der Waals surface area contributed by atoms with Gasteiger partial charge >= 0.3 is 5.97 Å². The molecule has 23 heavy (non-hydrogen) atoms. The standard InChI is InChI=1S/C17H13ClN2O3/c1-23-15-7-6-10(8-13(15)18)19-16-9-12(17(21)22)11-4-2-3-5-14(11)20-16/h2-9H,1H3,(H,19,20)(H,21,22). The highest BCUT2D eigenvalue weighted by molar-refractivity contribution is 6.32. The van der Waals surface area contributed by atoms with Crippen LogP contribution in [-0.4, -0.2) is 23.2 Å². The highest BCUT2D eigenvalue weighted by atomic mass is 35.5. The van der Waals surface area contributed by atoms with Gasteiger partial charge in [-0.1, -0.05) is 29.8 Å². The van der Waals surface area contributed by atoms with Gasteiger partial charge in [0.1, 0.15) is 11.6 Å². The number of nitrogens with one attached hydrogen (secondary N) is 1. The Morgan fingerprint density at radius 1 is 1.22 bits per heavy atom. The smallest absolute Gasteiger partial charge is 0.336 e. The molecule has 0 bridgehead atoms. The van der Waals surface area contributed by atoms with E-state index in [1.165, 1.54) is 6.07 Å². The van der Waals surface area contributed by atoms with Crippen molar-refractivity contribution in [2.75, 3.05) is 12.4 Å². The number of aromatic nitrogens is 1. The fourth-order valence-corrected chi connectivity index (χ4v) is 2.57. The number of carboxylic acid groups (broad SMARTS) is 1. The zero-order valence-corrected chi connectivity index (χ0v) is 13.0. The van der Waals surface area contributed by atoms with Gasteiger partial charge in [0.15, 0.2) is 0 Å². The topological polar surface area (TPSA) is 71.5 Å². The summed E-state index contributed by atoms with van der Waals surface area (Å²) in [6.07, 6.45) is 0. The second kappa shape index (κ2) is 6.14. The molecule has 0 amide bonds. The summed E-state index contributed by atoms with van der Waals surface area (Å²) in [5.41, 5.74) is 1.49. The normalized spacial score (nSPS) is 10.5. The third-order valence-electron chi connectivity index (χ3n) is 3.37. The molecule has 6 heteroatoms. The molecule has 2 N–H and O–H groups in total. The minimum absolute atomic E-state index is 0.192. The third kappa shape index (κ3) is 3.05. The zero-order chi connectivity index (χ0) is 16.4. The summed E-state index contributed by atoms with van der Waals surface area (Å²) >= 11 is 6.09. The van der Waals surface area contributed by atoms with Crippen LogP contribution in [0.1, 0.15) is 10.4 Å². The van der Waals surface area contributed by atoms with Gasteiger partial charge in [-0.25, -0.2) is 9.78 Å². The quantitative estimate of drug-likeness (QED) is 0.745. The largest absolute Gasteiger partial charge is 0.495 e. The number of rotatable bonds is 4. The molecule has 0 fully saturated rings. The Balaban J connectivity index is 2.03. The molecule has 0 saturated heterocycles. The summed E-state index contributed by atoms with van der Waals surface area (Å²) in [4.78, 5) is 15.9. The van der Waals surface area contributed by atoms with E-state index in [0.717, 1.165) is 0 Å². The molecular formula is C17H13ClN2O3. The second-order valence-electron chi connectivity index (χ2n) is 4.85. The number of para-hydroxylation sites is 1. The van der Waals surface area contributed by atoms with E-state index in [0.29, 0.717) is 33.2 Å². The Kier molecular flexibility index (Phi) is 4.04. The molecule has 2 aromatic carbocycles. The Bertz CT molecular complexity index is 896. The molecule has 0 aliphatic carbocycles. The summed E-state index contributed by atoms with van der Waals surface area (Å²) in [5, 5.41) is 13.5. The maximum Gasteiger partial charge on any atom is 0.336 e. The van der Waals surface area contributed by atoms with Gasteiger partial charge in [-0.15, -0.1) is 0 Å². The number of fused-ring (bicyclic) bond motifs is 1. The van der Waals surface area contributed by atoms with Crippen LogP contribution in [-0.2, 0) is 0 Å². The molecule has 0 atom stereocenters. The first-order valence-electron chi connectivity index (χ1n) is 6.82. The molecule has 0 radical (unpaired) electrons. The maximum atomic E-state index is 11.5. The van der Waals surface area contributed by atoms with Crippen molar-refractivity contribution in [2.24, 2.45) is 0 Å². The number of hydrogen-bond donors (Lipinski definition) is 2. The van der Waals surface area contributed by atoms with Crippen molar-refractivity contribution in [1.82, 2.24) is 4.98 Å². The SMILES string of the molecule is COc1ccc(Nc2cc(C(=O)O)c3ccccc3n2)cc1Cl. The zero-order valence-electron chi connectivity index (χ0n) is 12.2. The highest BCUT2D eigenvalue weighted by Crippen LogP contribution is 2.29. The summed E-state index contributed by atoms with van der Waals surface area (Å²) < 4.78 is 5.11. The number of carbonyl (C=O) groups is 1. The van der Waals surface area contributed by atoms with Gasteiger partial charge in [-0.2, -0.15) is 0 Å². The van der Waals surface area contributed by atoms with Crippen LogP contribution in [0.2, 0.25) is 5.02 Å². The first kappa shape index (κ1) is 15.1. The minimum Gasteiger partial charge on any atom is -0.495 e. The number of aromatic carboxylic acids is 1. The van der Waals surface area contributed by atoms with E-state index in [1.807, 2.05) is 6.07 Å². The summed E-state index contributed by atoms with van der Waals surface area (Å²) in [5.74, 6) is -0.00309. The molecule has 3 aromatic rings. The average molecular weight is 329 g/mol. The number of carboxylic acids is 1. The minimum atomic E-state index is -1.00. The Hall–Kier alpha value is -2.79. The van der Waals surface area contributed by atoms with Crippen LogP contribution in [0.25, 0.3) is 10.9 Å². The number of hydrogen-bond acceptors (Lipinski definition) is 4. The lowest BCUT2D eigenvalue weighted by Crippen LogP contribution is -2.02. The summed E-state index contributed by atoms with van der Waals surface area (Å²) in [7, 11) is 1.54. The number of nitrogens with zero attached hydrogens (tertiary/aromatic N) is 1. The lowest BCUT2D eigenvalue weighted by molar-refractivity contribution is 0.0699. The molecule has 0 saturated carbocycles. The van der Waals surface area contributed by atoms with Crippen LogP contribution in [0.15, 0.2) is 48.5 Å². The summed E-state index contributed by atoms with van der Waals surface area (Å²) in [6.45, 7) is 0. The van der Waals surface area contributed by atoms with E-state index in [4.69, 9.17) is 16.3 Å². The van der Waals surface area contributed by atoms with E-state index in [9.17, 15) is 9.90 Å². The average Bonchev–Trinajstić information content (AvgIpc) is 2.54. The van der Waals surface area contributed by atoms with Gasteiger partial charge < -0.3 is 15.2 Å². The van der Waals surface area contributed by atoms with Crippen molar-refractivity contribution in [2.45, 2.75) is 0 Å². The molecule has 0 spiro atoms. The predicted molar refractivity (Wildman–Crippen MR) is 90.0 cm³/mol. The van der Waals surface area contributed by atoms with E-state index in [1.54, 1.807) is 43.5 Å². The van der Waals surface area contributed by atoms with E-state index in [-0.39, 0.29) is 5.56 Å². The molecular weight excluding hydrogens is 316 g/mol. The summed E-state index contributed by atoms with van der Waals surface area (Å²) in [6, 6.07) is 13.8. The third-order valence-corrected chi connectivity index (χ3v) is 3.67. The van der Waals surface area contributed by atoms with Gasteiger partial charge in [0.2, 0.25) is 0 Å². The molecule has 5 nitrogen and oxygen atoms in total. The van der Waals surface area contributed by atoms with Crippen LogP contribution in [0.5, 0.6) is 5.75 Å². The van der Waals surface area contributed by atoms with Crippen LogP contribution in [0.4, 0.5) is 11.5 Å². The highest BCUT2D eigenvalue weighted by Gasteiger charge is 2.12. The Labute approximate surface area is 137 Å². The molecule has 0 aliphatic rings. The van der Waals surface area contributed by atoms with Crippen molar-refractivity contribution < 1.29 is 14.6 Å². The molecule has 3 rings (SSSR count). The first-order valence-corrected chi connectivity index (χ1v) is 7.20. The number of halogens is 1. The monoisotopic (exact) mass is 328 g/mol. The Morgan fingerprint density at radius 3 is 2.70 bits per heavy atom. The molecule has 1 aromatic heterocycles. The van der Waals surface area contributed by atoms with Crippen LogP contribution >= 0.6 is 11.6 Å². The molecule has 116 valence electrons. The molecule has 0 aliphatic heterocycles. The van der Waals surface area contributed by atoms with Crippen molar-refractivity contribution in [3.63, 3.8) is 0 Å². The Morgan fingerprint density at radius 2 is 2.00 bits per heavy atom. The van der Waals surface area contributed by atoms with E-state index in [2.05, 4.69) is 10.3 Å². The van der Waals surface area contributed by atoms with Gasteiger partial charge in [0, 0.05) is 11.1 Å².